The van der Waals surface area contributed by atoms with E-state index in [0.29, 0.717) is 11.6 Å². The van der Waals surface area contributed by atoms with E-state index in [0.717, 1.165) is 31.6 Å². The fourth-order valence-electron chi connectivity index (χ4n) is 3.37. The molecule has 27 heavy (non-hydrogen) atoms. The van der Waals surface area contributed by atoms with Crippen LogP contribution in [0.4, 0.5) is 0 Å². The van der Waals surface area contributed by atoms with E-state index in [-0.39, 0.29) is 29.3 Å². The zero-order valence-electron chi connectivity index (χ0n) is 17.2. The van der Waals surface area contributed by atoms with Crippen molar-refractivity contribution in [3.63, 3.8) is 0 Å². The van der Waals surface area contributed by atoms with Crippen molar-refractivity contribution in [3.05, 3.63) is 29.3 Å². The molecule has 6 heteroatoms. The summed E-state index contributed by atoms with van der Waals surface area (Å²) in [5.41, 5.74) is 0.286. The monoisotopic (exact) mass is 412 g/mol. The molecule has 3 rings (SSSR count). The minimum absolute atomic E-state index is 0.0793. The maximum Gasteiger partial charge on any atom is 0.158 e. The molecule has 0 aromatic heterocycles. The molecule has 152 valence electrons. The fraction of sp³-hybridized carbons (Fsp3) is 0.714. The van der Waals surface area contributed by atoms with Gasteiger partial charge in [0.25, 0.3) is 0 Å². The third-order valence-electron chi connectivity index (χ3n) is 6.21. The zero-order chi connectivity index (χ0) is 19.7. The van der Waals surface area contributed by atoms with Crippen LogP contribution in [0.3, 0.4) is 0 Å². The molecule has 0 saturated carbocycles. The van der Waals surface area contributed by atoms with Gasteiger partial charge in [-0.3, -0.25) is 0 Å². The van der Waals surface area contributed by atoms with Crippen molar-refractivity contribution in [3.8, 4) is 5.75 Å². The van der Waals surface area contributed by atoms with Crippen molar-refractivity contribution in [2.24, 2.45) is 0 Å². The van der Waals surface area contributed by atoms with E-state index in [1.54, 1.807) is 0 Å². The Labute approximate surface area is 169 Å². The van der Waals surface area contributed by atoms with Crippen molar-refractivity contribution in [1.29, 1.82) is 0 Å². The normalized spacial score (nSPS) is 27.3. The predicted octanol–water partition coefficient (Wildman–Crippen LogP) is 5.45. The summed E-state index contributed by atoms with van der Waals surface area (Å²) >= 11 is 6.07. The van der Waals surface area contributed by atoms with Crippen LogP contribution in [0.1, 0.15) is 40.0 Å². The van der Waals surface area contributed by atoms with Gasteiger partial charge in [0, 0.05) is 11.6 Å². The smallest absolute Gasteiger partial charge is 0.158 e. The van der Waals surface area contributed by atoms with Crippen molar-refractivity contribution < 1.29 is 18.9 Å². The van der Waals surface area contributed by atoms with Gasteiger partial charge in [0.2, 0.25) is 0 Å². The Morgan fingerprint density at radius 1 is 1.26 bits per heavy atom. The fourth-order valence-corrected chi connectivity index (χ4v) is 5.94. The topological polar surface area (TPSA) is 40.2 Å². The second kappa shape index (κ2) is 8.42. The molecule has 0 spiro atoms. The first-order chi connectivity index (χ1) is 12.7. The maximum absolute atomic E-state index is 6.32. The van der Waals surface area contributed by atoms with Crippen LogP contribution in [0.25, 0.3) is 0 Å². The van der Waals surface area contributed by atoms with Gasteiger partial charge in [-0.25, -0.2) is 0 Å². The highest BCUT2D eigenvalue weighted by Gasteiger charge is 2.59. The first kappa shape index (κ1) is 21.1. The van der Waals surface area contributed by atoms with E-state index < -0.39 is 8.07 Å². The van der Waals surface area contributed by atoms with E-state index in [1.807, 2.05) is 24.3 Å². The number of halogens is 1. The van der Waals surface area contributed by atoms with Crippen molar-refractivity contribution in [2.45, 2.75) is 82.4 Å². The molecule has 0 bridgehead atoms. The summed E-state index contributed by atoms with van der Waals surface area (Å²) in [7, 11) is -1.60. The van der Waals surface area contributed by atoms with Crippen LogP contribution < -0.4 is 4.74 Å². The number of ether oxygens (including phenoxy) is 4. The Morgan fingerprint density at radius 2 is 2.04 bits per heavy atom. The summed E-state index contributed by atoms with van der Waals surface area (Å²) in [5, 5.41) is 0.939. The number of benzene rings is 1. The molecule has 2 saturated heterocycles. The summed E-state index contributed by atoms with van der Waals surface area (Å²) in [6, 6.07) is 7.48. The SMILES string of the molecule is CC(C)(C)[Si](C)(C)C1OC1[C@H](COc1cccc(Cl)c1)OC1CCCCO1. The molecule has 2 heterocycles. The summed E-state index contributed by atoms with van der Waals surface area (Å²) in [4.78, 5) is 0. The highest BCUT2D eigenvalue weighted by Crippen LogP contribution is 2.47. The third-order valence-corrected chi connectivity index (χ3v) is 12.2. The standard InChI is InChI=1S/C21H33ClO4Si/c1-21(2,3)27(4,5)20-19(26-20)17(25-18-11-6-7-12-23-18)14-24-16-10-8-9-15(22)13-16/h8-10,13,17-20H,6-7,11-12,14H2,1-5H3/t17-,18?,19?,20?/m0/s1. The van der Waals surface area contributed by atoms with Gasteiger partial charge in [-0.15, -0.1) is 0 Å². The van der Waals surface area contributed by atoms with E-state index in [4.69, 9.17) is 30.5 Å². The largest absolute Gasteiger partial charge is 0.491 e. The van der Waals surface area contributed by atoms with Crippen molar-refractivity contribution in [1.82, 2.24) is 0 Å². The molecule has 1 aromatic rings. The Balaban J connectivity index is 1.66. The Bertz CT molecular complexity index is 625. The molecular weight excluding hydrogens is 380 g/mol. The number of rotatable bonds is 7. The molecular formula is C21H33ClO4Si. The number of hydrogen-bond acceptors (Lipinski definition) is 4. The number of epoxide rings is 1. The maximum atomic E-state index is 6.32. The zero-order valence-corrected chi connectivity index (χ0v) is 18.9. The minimum Gasteiger partial charge on any atom is -0.491 e. The highest BCUT2D eigenvalue weighted by molar-refractivity contribution is 6.82. The van der Waals surface area contributed by atoms with Gasteiger partial charge >= 0.3 is 0 Å². The van der Waals surface area contributed by atoms with Crippen LogP contribution in [-0.4, -0.2) is 45.5 Å². The van der Waals surface area contributed by atoms with Crippen LogP contribution in [0.5, 0.6) is 5.75 Å². The van der Waals surface area contributed by atoms with E-state index in [2.05, 4.69) is 33.9 Å². The first-order valence-electron chi connectivity index (χ1n) is 9.99. The molecule has 1 aromatic carbocycles. The second-order valence-electron chi connectivity index (χ2n) is 9.23. The van der Waals surface area contributed by atoms with Gasteiger partial charge in [-0.2, -0.15) is 0 Å². The van der Waals surface area contributed by atoms with Crippen LogP contribution in [0, 0.1) is 0 Å². The van der Waals surface area contributed by atoms with Crippen molar-refractivity contribution >= 4 is 19.7 Å². The molecule has 0 aliphatic carbocycles. The van der Waals surface area contributed by atoms with E-state index in [9.17, 15) is 0 Å². The van der Waals surface area contributed by atoms with Gasteiger partial charge in [-0.05, 0) is 42.5 Å². The highest BCUT2D eigenvalue weighted by atomic mass is 35.5. The minimum atomic E-state index is -1.60. The predicted molar refractivity (Wildman–Crippen MR) is 111 cm³/mol. The molecule has 3 unspecified atom stereocenters. The van der Waals surface area contributed by atoms with Crippen LogP contribution in [0.2, 0.25) is 23.2 Å². The van der Waals surface area contributed by atoms with Crippen LogP contribution in [0.15, 0.2) is 24.3 Å². The molecule has 4 atom stereocenters. The quantitative estimate of drug-likeness (QED) is 0.441. The van der Waals surface area contributed by atoms with Gasteiger partial charge < -0.3 is 18.9 Å². The molecule has 0 radical (unpaired) electrons. The molecule has 4 nitrogen and oxygen atoms in total. The van der Waals surface area contributed by atoms with Gasteiger partial charge in [0.15, 0.2) is 6.29 Å². The van der Waals surface area contributed by atoms with Crippen LogP contribution >= 0.6 is 11.6 Å². The second-order valence-corrected chi connectivity index (χ2v) is 15.2. The van der Waals surface area contributed by atoms with Gasteiger partial charge in [0.1, 0.15) is 24.6 Å². The average molecular weight is 413 g/mol. The van der Waals surface area contributed by atoms with Gasteiger partial charge in [-0.1, -0.05) is 51.5 Å². The first-order valence-corrected chi connectivity index (χ1v) is 13.4. The molecule has 2 aliphatic rings. The van der Waals surface area contributed by atoms with E-state index >= 15 is 0 Å². The summed E-state index contributed by atoms with van der Waals surface area (Å²) in [6.07, 6.45) is 2.98. The summed E-state index contributed by atoms with van der Waals surface area (Å²) < 4.78 is 24.3. The lowest BCUT2D eigenvalue weighted by atomic mass is 10.2. The lowest BCUT2D eigenvalue weighted by Crippen LogP contribution is -2.47. The van der Waals surface area contributed by atoms with Crippen molar-refractivity contribution in [2.75, 3.05) is 13.2 Å². The Kier molecular flexibility index (Phi) is 6.58. The summed E-state index contributed by atoms with van der Waals surface area (Å²) in [6.45, 7) is 13.0. The number of hydrogen-bond donors (Lipinski definition) is 0. The molecule has 0 N–H and O–H groups in total. The molecule has 0 amide bonds. The third kappa shape index (κ3) is 5.27. The Morgan fingerprint density at radius 3 is 2.67 bits per heavy atom. The van der Waals surface area contributed by atoms with Crippen LogP contribution in [-0.2, 0) is 14.2 Å². The lowest BCUT2D eigenvalue weighted by Gasteiger charge is -2.36. The van der Waals surface area contributed by atoms with E-state index in [1.165, 1.54) is 0 Å². The summed E-state index contributed by atoms with van der Waals surface area (Å²) in [5.74, 6) is 0.755. The Hall–Kier alpha value is -0.593. The molecule has 2 aliphatic heterocycles. The van der Waals surface area contributed by atoms with Gasteiger partial charge in [0.05, 0.1) is 13.8 Å². The lowest BCUT2D eigenvalue weighted by molar-refractivity contribution is -0.196. The average Bonchev–Trinajstić information content (AvgIpc) is 3.40. The molecule has 2 fully saturated rings.